The molecule has 0 N–H and O–H groups in total. The van der Waals surface area contributed by atoms with Gasteiger partial charge in [0.2, 0.25) is 0 Å². The summed E-state index contributed by atoms with van der Waals surface area (Å²) < 4.78 is 9.13. The first-order valence-corrected chi connectivity index (χ1v) is 20.7. The highest BCUT2D eigenvalue weighted by atomic mass is 16.5. The van der Waals surface area contributed by atoms with Crippen molar-refractivity contribution >= 4 is 60.4 Å². The predicted octanol–water partition coefficient (Wildman–Crippen LogP) is 15.0. The molecule has 3 heteroatoms. The quantitative estimate of drug-likeness (QED) is 0.178. The van der Waals surface area contributed by atoms with E-state index in [1.807, 2.05) is 0 Å². The Morgan fingerprint density at radius 2 is 1.00 bits per heavy atom. The number of nitrogens with zero attached hydrogens (tertiary/aromatic N) is 2. The molecule has 10 aromatic carbocycles. The van der Waals surface area contributed by atoms with E-state index >= 15 is 0 Å². The normalized spacial score (nSPS) is 13.3. The standard InChI is InChI=1S/C57H36N2O/c1-2-18-38(19-3-1)58(39-32-34-53-45(36-39)42-22-7-11-28-51(42)59(53)50-29-14-17-37-16-4-5-20-40(37)50)52-35-33-43-41-21-6-8-24-46(41)57(49-27-15-23-44(52)56(43)49)47-25-9-12-30-54(47)60-55-31-13-10-26-48(55)57/h1-36H. The number of hydrogen-bond donors (Lipinski definition) is 0. The van der Waals surface area contributed by atoms with E-state index in [4.69, 9.17) is 4.74 Å². The van der Waals surface area contributed by atoms with E-state index in [1.54, 1.807) is 0 Å². The molecule has 1 aromatic heterocycles. The third kappa shape index (κ3) is 4.44. The highest BCUT2D eigenvalue weighted by Gasteiger charge is 2.49. The van der Waals surface area contributed by atoms with Crippen LogP contribution in [0.5, 0.6) is 11.5 Å². The molecule has 2 aliphatic rings. The van der Waals surface area contributed by atoms with Gasteiger partial charge in [0.05, 0.1) is 27.8 Å². The Hall–Kier alpha value is -7.88. The van der Waals surface area contributed by atoms with Crippen molar-refractivity contribution in [3.05, 3.63) is 241 Å². The third-order valence-corrected chi connectivity index (χ3v) is 13.0. The van der Waals surface area contributed by atoms with Crippen molar-refractivity contribution in [2.75, 3.05) is 4.90 Å². The lowest BCUT2D eigenvalue weighted by Gasteiger charge is -2.45. The Bertz CT molecular complexity index is 3490. The van der Waals surface area contributed by atoms with Gasteiger partial charge in [-0.25, -0.2) is 0 Å². The van der Waals surface area contributed by atoms with Crippen LogP contribution in [0.4, 0.5) is 17.1 Å². The van der Waals surface area contributed by atoms with Crippen LogP contribution in [0.3, 0.4) is 0 Å². The molecular formula is C57H36N2O. The average molecular weight is 765 g/mol. The van der Waals surface area contributed by atoms with Crippen LogP contribution in [0, 0.1) is 0 Å². The summed E-state index contributed by atoms with van der Waals surface area (Å²) in [7, 11) is 0. The molecule has 13 rings (SSSR count). The van der Waals surface area contributed by atoms with Gasteiger partial charge >= 0.3 is 0 Å². The number of aromatic nitrogens is 1. The fourth-order valence-electron chi connectivity index (χ4n) is 10.7. The van der Waals surface area contributed by atoms with Gasteiger partial charge in [-0.05, 0) is 93.7 Å². The summed E-state index contributed by atoms with van der Waals surface area (Å²) in [4.78, 5) is 2.45. The van der Waals surface area contributed by atoms with Gasteiger partial charge in [0.15, 0.2) is 0 Å². The Morgan fingerprint density at radius 3 is 1.83 bits per heavy atom. The SMILES string of the molecule is c1ccc(N(c2ccc3c(c2)c2ccccc2n3-c2cccc3ccccc23)c2ccc3c4c(cccc24)C2(c4ccccc4Oc4ccccc42)c2ccccc2-3)cc1. The Morgan fingerprint density at radius 1 is 0.383 bits per heavy atom. The van der Waals surface area contributed by atoms with Crippen LogP contribution in [0.1, 0.15) is 22.3 Å². The number of fused-ring (bicyclic) bond motifs is 12. The zero-order chi connectivity index (χ0) is 39.4. The van der Waals surface area contributed by atoms with Gasteiger partial charge in [-0.2, -0.15) is 0 Å². The number of benzene rings is 10. The topological polar surface area (TPSA) is 17.4 Å². The maximum atomic E-state index is 6.69. The first-order chi connectivity index (χ1) is 29.8. The van der Waals surface area contributed by atoms with Crippen molar-refractivity contribution in [1.82, 2.24) is 4.57 Å². The summed E-state index contributed by atoms with van der Waals surface area (Å²) in [6, 6.07) is 79.7. The van der Waals surface area contributed by atoms with Crippen molar-refractivity contribution in [2.45, 2.75) is 5.41 Å². The maximum absolute atomic E-state index is 6.69. The molecule has 2 heterocycles. The third-order valence-electron chi connectivity index (χ3n) is 13.0. The number of hydrogen-bond acceptors (Lipinski definition) is 2. The molecule has 0 atom stereocenters. The number of para-hydroxylation sites is 4. The van der Waals surface area contributed by atoms with E-state index in [0.29, 0.717) is 0 Å². The minimum atomic E-state index is -0.590. The molecule has 1 aliphatic heterocycles. The average Bonchev–Trinajstić information content (AvgIpc) is 3.64. The molecule has 0 saturated heterocycles. The van der Waals surface area contributed by atoms with E-state index in [1.165, 1.54) is 71.3 Å². The van der Waals surface area contributed by atoms with Crippen molar-refractivity contribution in [1.29, 1.82) is 0 Å². The highest BCUT2D eigenvalue weighted by Crippen LogP contribution is 2.62. The first kappa shape index (κ1) is 33.1. The van der Waals surface area contributed by atoms with E-state index in [2.05, 4.69) is 228 Å². The molecule has 1 aliphatic carbocycles. The highest BCUT2D eigenvalue weighted by molar-refractivity contribution is 6.14. The van der Waals surface area contributed by atoms with Gasteiger partial charge in [-0.3, -0.25) is 0 Å². The summed E-state index contributed by atoms with van der Waals surface area (Å²) in [6.07, 6.45) is 0. The minimum Gasteiger partial charge on any atom is -0.457 e. The van der Waals surface area contributed by atoms with Gasteiger partial charge in [0.25, 0.3) is 0 Å². The fraction of sp³-hybridized carbons (Fsp3) is 0.0175. The fourth-order valence-corrected chi connectivity index (χ4v) is 10.7. The van der Waals surface area contributed by atoms with Crippen molar-refractivity contribution in [3.8, 4) is 28.3 Å². The van der Waals surface area contributed by atoms with Crippen LogP contribution in [0.25, 0.3) is 60.2 Å². The van der Waals surface area contributed by atoms with E-state index in [9.17, 15) is 0 Å². The van der Waals surface area contributed by atoms with Crippen molar-refractivity contribution in [3.63, 3.8) is 0 Å². The van der Waals surface area contributed by atoms with Crippen LogP contribution < -0.4 is 9.64 Å². The second-order valence-corrected chi connectivity index (χ2v) is 16.0. The minimum absolute atomic E-state index is 0.590. The van der Waals surface area contributed by atoms with Gasteiger partial charge < -0.3 is 14.2 Å². The molecule has 0 saturated carbocycles. The summed E-state index contributed by atoms with van der Waals surface area (Å²) in [6.45, 7) is 0. The molecule has 11 aromatic rings. The largest absolute Gasteiger partial charge is 0.457 e. The Kier molecular flexibility index (Phi) is 6.93. The first-order valence-electron chi connectivity index (χ1n) is 20.7. The number of rotatable bonds is 4. The van der Waals surface area contributed by atoms with Crippen molar-refractivity contribution in [2.24, 2.45) is 0 Å². The Labute approximate surface area is 347 Å². The summed E-state index contributed by atoms with van der Waals surface area (Å²) in [5.74, 6) is 1.79. The molecule has 0 fully saturated rings. The van der Waals surface area contributed by atoms with Gasteiger partial charge in [0, 0.05) is 44.0 Å². The van der Waals surface area contributed by atoms with Crippen LogP contribution in [0.2, 0.25) is 0 Å². The predicted molar refractivity (Wildman–Crippen MR) is 248 cm³/mol. The van der Waals surface area contributed by atoms with Gasteiger partial charge in [-0.15, -0.1) is 0 Å². The molecule has 60 heavy (non-hydrogen) atoms. The lowest BCUT2D eigenvalue weighted by molar-refractivity contribution is 0.435. The zero-order valence-electron chi connectivity index (χ0n) is 32.6. The lowest BCUT2D eigenvalue weighted by atomic mass is 9.58. The van der Waals surface area contributed by atoms with Gasteiger partial charge in [0.1, 0.15) is 11.5 Å². The molecule has 280 valence electrons. The monoisotopic (exact) mass is 764 g/mol. The van der Waals surface area contributed by atoms with Crippen LogP contribution in [0.15, 0.2) is 218 Å². The molecular weight excluding hydrogens is 729 g/mol. The van der Waals surface area contributed by atoms with Crippen molar-refractivity contribution < 1.29 is 4.74 Å². The molecule has 0 amide bonds. The smallest absolute Gasteiger partial charge is 0.132 e. The lowest BCUT2D eigenvalue weighted by Crippen LogP contribution is -2.36. The summed E-state index contributed by atoms with van der Waals surface area (Å²) >= 11 is 0. The second kappa shape index (κ2) is 12.6. The second-order valence-electron chi connectivity index (χ2n) is 16.0. The summed E-state index contributed by atoms with van der Waals surface area (Å²) in [5, 5.41) is 7.35. The van der Waals surface area contributed by atoms with E-state index < -0.39 is 5.41 Å². The molecule has 3 nitrogen and oxygen atoms in total. The van der Waals surface area contributed by atoms with Crippen LogP contribution in [-0.2, 0) is 5.41 Å². The maximum Gasteiger partial charge on any atom is 0.132 e. The number of anilines is 3. The molecule has 0 radical (unpaired) electrons. The zero-order valence-corrected chi connectivity index (χ0v) is 32.6. The molecule has 0 bridgehead atoms. The van der Waals surface area contributed by atoms with Gasteiger partial charge in [-0.1, -0.05) is 158 Å². The van der Waals surface area contributed by atoms with E-state index in [-0.39, 0.29) is 0 Å². The van der Waals surface area contributed by atoms with Crippen LogP contribution >= 0.6 is 0 Å². The van der Waals surface area contributed by atoms with E-state index in [0.717, 1.165) is 39.7 Å². The molecule has 1 spiro atoms. The number of ether oxygens (including phenoxy) is 1. The van der Waals surface area contributed by atoms with Crippen LogP contribution in [-0.4, -0.2) is 4.57 Å². The Balaban J connectivity index is 1.10. The summed E-state index contributed by atoms with van der Waals surface area (Å²) in [5.41, 5.74) is 13.6. The molecule has 0 unspecified atom stereocenters.